The number of esters is 2. The van der Waals surface area contributed by atoms with Crippen LogP contribution >= 0.6 is 15.6 Å². The molecule has 0 saturated heterocycles. The molecule has 0 radical (unpaired) electrons. The largest absolute Gasteiger partial charge is 0.472 e. The van der Waals surface area contributed by atoms with Crippen LogP contribution in [-0.4, -0.2) is 109 Å². The summed E-state index contributed by atoms with van der Waals surface area (Å²) in [5.41, 5.74) is 0. The summed E-state index contributed by atoms with van der Waals surface area (Å²) in [6.07, 6.45) is 24.6. The third kappa shape index (κ3) is 31.4. The number of hydrogen-bond donors (Lipinski definition) is 7. The first-order valence-electron chi connectivity index (χ1n) is 23.8. The number of ether oxygens (including phenoxy) is 2. The molecule has 19 heteroatoms. The molecule has 0 heterocycles. The van der Waals surface area contributed by atoms with E-state index in [1.165, 1.54) is 51.0 Å². The second-order valence-electron chi connectivity index (χ2n) is 16.5. The molecule has 0 aromatic heterocycles. The number of phosphoric ester groups is 2. The molecule has 66 heavy (non-hydrogen) atoms. The second kappa shape index (κ2) is 37.3. The van der Waals surface area contributed by atoms with Gasteiger partial charge in [-0.2, -0.15) is 0 Å². The fraction of sp³-hybridized carbons (Fsp3) is 0.723. The number of phosphoric acid groups is 2. The smallest absolute Gasteiger partial charge is 0.462 e. The molecular weight excluding hydrogens is 898 g/mol. The van der Waals surface area contributed by atoms with Gasteiger partial charge in [0, 0.05) is 19.3 Å². The van der Waals surface area contributed by atoms with Gasteiger partial charge >= 0.3 is 27.6 Å². The number of carbonyl (C=O) groups is 3. The number of unbranched alkanes of at least 4 members (excludes halogenated alkanes) is 14. The van der Waals surface area contributed by atoms with Gasteiger partial charge < -0.3 is 44.6 Å². The lowest BCUT2D eigenvalue weighted by Gasteiger charge is -2.43. The van der Waals surface area contributed by atoms with Crippen LogP contribution in [0.25, 0.3) is 0 Å². The highest BCUT2D eigenvalue weighted by Crippen LogP contribution is 2.49. The Morgan fingerprint density at radius 2 is 1.03 bits per heavy atom. The summed E-state index contributed by atoms with van der Waals surface area (Å²) in [6, 6.07) is 0. The zero-order valence-electron chi connectivity index (χ0n) is 39.1. The summed E-state index contributed by atoms with van der Waals surface area (Å²) >= 11 is 0. The van der Waals surface area contributed by atoms with Gasteiger partial charge in [-0.15, -0.1) is 0 Å². The van der Waals surface area contributed by atoms with E-state index in [9.17, 15) is 48.8 Å². The molecule has 1 saturated carbocycles. The molecule has 0 spiro atoms. The SMILES string of the molecule is CCCCC/C=C\C/C=C\C/C=C\C=C\C(=O)CCCC(=O)O[C@H](COC(=O)CCCCCCCCC/C=C\CCCCCC)COP(=O)(O)O[C@H]1C(O)C(O)C(O)[C@@H](OP(=O)(O)O)C1O. The summed E-state index contributed by atoms with van der Waals surface area (Å²) < 4.78 is 49.1. The lowest BCUT2D eigenvalue weighted by molar-refractivity contribution is -0.216. The first kappa shape index (κ1) is 61.4. The zero-order chi connectivity index (χ0) is 49.1. The van der Waals surface area contributed by atoms with Gasteiger partial charge in [-0.25, -0.2) is 9.13 Å². The van der Waals surface area contributed by atoms with Crippen LogP contribution in [0.3, 0.4) is 0 Å². The van der Waals surface area contributed by atoms with Gasteiger partial charge in [-0.3, -0.25) is 28.0 Å². The Balaban J connectivity index is 2.69. The lowest BCUT2D eigenvalue weighted by atomic mass is 9.85. The van der Waals surface area contributed by atoms with Crippen molar-refractivity contribution in [3.63, 3.8) is 0 Å². The van der Waals surface area contributed by atoms with E-state index in [1.54, 1.807) is 12.2 Å². The number of hydrogen-bond acceptors (Lipinski definition) is 14. The fourth-order valence-corrected chi connectivity index (χ4v) is 8.34. The molecular formula is C47H80O17P2. The molecule has 17 nitrogen and oxygen atoms in total. The minimum absolute atomic E-state index is 0.00960. The zero-order valence-corrected chi connectivity index (χ0v) is 40.9. The van der Waals surface area contributed by atoms with Crippen LogP contribution < -0.4 is 0 Å². The molecule has 0 aromatic carbocycles. The molecule has 0 amide bonds. The van der Waals surface area contributed by atoms with Crippen LogP contribution in [-0.2, 0) is 46.6 Å². The molecule has 0 bridgehead atoms. The van der Waals surface area contributed by atoms with Crippen molar-refractivity contribution in [1.82, 2.24) is 0 Å². The summed E-state index contributed by atoms with van der Waals surface area (Å²) in [7, 11) is -10.8. The van der Waals surface area contributed by atoms with Crippen molar-refractivity contribution in [2.24, 2.45) is 0 Å². The maximum atomic E-state index is 13.0. The molecule has 7 N–H and O–H groups in total. The van der Waals surface area contributed by atoms with E-state index < -0.39 is 83.5 Å². The van der Waals surface area contributed by atoms with Gasteiger partial charge in [0.25, 0.3) is 0 Å². The van der Waals surface area contributed by atoms with Gasteiger partial charge in [-0.05, 0) is 70.3 Å². The van der Waals surface area contributed by atoms with Crippen LogP contribution in [0.2, 0.25) is 0 Å². The predicted octanol–water partition coefficient (Wildman–Crippen LogP) is 8.24. The van der Waals surface area contributed by atoms with Crippen molar-refractivity contribution in [3.05, 3.63) is 60.8 Å². The Kier molecular flexibility index (Phi) is 34.7. The van der Waals surface area contributed by atoms with Crippen molar-refractivity contribution in [2.45, 2.75) is 204 Å². The third-order valence-corrected chi connectivity index (χ3v) is 12.0. The van der Waals surface area contributed by atoms with Crippen molar-refractivity contribution in [3.8, 4) is 0 Å². The minimum Gasteiger partial charge on any atom is -0.462 e. The molecule has 1 fully saturated rings. The monoisotopic (exact) mass is 978 g/mol. The maximum Gasteiger partial charge on any atom is 0.472 e. The lowest BCUT2D eigenvalue weighted by Crippen LogP contribution is -2.64. The first-order valence-corrected chi connectivity index (χ1v) is 26.8. The Morgan fingerprint density at radius 3 is 1.65 bits per heavy atom. The molecule has 1 aliphatic rings. The maximum absolute atomic E-state index is 13.0. The molecule has 5 unspecified atom stereocenters. The van der Waals surface area contributed by atoms with E-state index in [1.807, 2.05) is 12.2 Å². The van der Waals surface area contributed by atoms with Crippen LogP contribution in [0.1, 0.15) is 162 Å². The standard InChI is InChI=1S/C47H80O17P2/c1-3-5-7-9-11-13-15-17-18-20-22-24-26-28-30-34-40(49)60-36-39(37-61-66(58,59)64-47-44(53)42(51)43(52)46(45(47)54)63-65(55,56)57)62-41(50)35-31-33-38(48)32-29-27-25-23-21-19-16-14-12-10-8-6-4-2/h12-15,19,21,25,27,29,32,39,42-47,51-54H,3-11,16-18,20,22-24,26,28,30-31,33-37H2,1-2H3,(H,58,59)(H2,55,56,57)/b14-12-,15-13-,21-19-,27-25-,32-29+/t39-,42?,43?,44?,45?,46-,47+/m1/s1. The average molecular weight is 979 g/mol. The topological polar surface area (TPSA) is 273 Å². The molecule has 1 rings (SSSR count). The fourth-order valence-electron chi connectivity index (χ4n) is 6.80. The number of aliphatic hydroxyl groups is 4. The highest BCUT2D eigenvalue weighted by atomic mass is 31.2. The van der Waals surface area contributed by atoms with E-state index in [-0.39, 0.29) is 31.5 Å². The average Bonchev–Trinajstić information content (AvgIpc) is 3.26. The van der Waals surface area contributed by atoms with Crippen molar-refractivity contribution in [2.75, 3.05) is 13.2 Å². The summed E-state index contributed by atoms with van der Waals surface area (Å²) in [4.78, 5) is 66.6. The molecule has 0 aliphatic heterocycles. The summed E-state index contributed by atoms with van der Waals surface area (Å²) in [5, 5.41) is 41.2. The van der Waals surface area contributed by atoms with E-state index in [4.69, 9.17) is 28.3 Å². The quantitative estimate of drug-likeness (QED) is 0.00763. The first-order chi connectivity index (χ1) is 31.5. The minimum atomic E-state index is -5.39. The van der Waals surface area contributed by atoms with E-state index in [0.29, 0.717) is 12.8 Å². The Hall–Kier alpha value is -2.63. The number of rotatable bonds is 39. The van der Waals surface area contributed by atoms with Crippen molar-refractivity contribution in [1.29, 1.82) is 0 Å². The predicted molar refractivity (Wildman–Crippen MR) is 251 cm³/mol. The van der Waals surface area contributed by atoms with Crippen LogP contribution in [0.5, 0.6) is 0 Å². The van der Waals surface area contributed by atoms with Gasteiger partial charge in [0.05, 0.1) is 6.61 Å². The van der Waals surface area contributed by atoms with Gasteiger partial charge in [0.15, 0.2) is 11.9 Å². The molecule has 8 atom stereocenters. The number of aliphatic hydroxyl groups excluding tert-OH is 4. The highest BCUT2D eigenvalue weighted by molar-refractivity contribution is 7.47. The summed E-state index contributed by atoms with van der Waals surface area (Å²) in [6.45, 7) is 2.85. The third-order valence-electron chi connectivity index (χ3n) is 10.5. The van der Waals surface area contributed by atoms with Gasteiger partial charge in [-0.1, -0.05) is 133 Å². The van der Waals surface area contributed by atoms with E-state index in [2.05, 4.69) is 48.8 Å². The van der Waals surface area contributed by atoms with Crippen LogP contribution in [0, 0.1) is 0 Å². The Morgan fingerprint density at radius 1 is 0.530 bits per heavy atom. The molecule has 0 aromatic rings. The highest BCUT2D eigenvalue weighted by Gasteiger charge is 2.54. The normalized spacial score (nSPS) is 22.0. The number of carbonyl (C=O) groups excluding carboxylic acids is 3. The Bertz CT molecular complexity index is 1570. The summed E-state index contributed by atoms with van der Waals surface area (Å²) in [5.74, 6) is -1.71. The van der Waals surface area contributed by atoms with Crippen molar-refractivity contribution >= 4 is 33.4 Å². The molecule has 1 aliphatic carbocycles. The Labute approximate surface area is 392 Å². The number of ketones is 1. The van der Waals surface area contributed by atoms with E-state index in [0.717, 1.165) is 64.2 Å². The van der Waals surface area contributed by atoms with Crippen molar-refractivity contribution < 1.29 is 81.7 Å². The van der Waals surface area contributed by atoms with Crippen LogP contribution in [0.4, 0.5) is 0 Å². The molecule has 380 valence electrons. The van der Waals surface area contributed by atoms with Crippen LogP contribution in [0.15, 0.2) is 60.8 Å². The van der Waals surface area contributed by atoms with Gasteiger partial charge in [0.2, 0.25) is 0 Å². The number of allylic oxidation sites excluding steroid dienone is 10. The van der Waals surface area contributed by atoms with E-state index >= 15 is 0 Å². The second-order valence-corrected chi connectivity index (χ2v) is 19.1. The van der Waals surface area contributed by atoms with Gasteiger partial charge in [0.1, 0.15) is 43.2 Å².